The number of benzene rings is 1. The summed E-state index contributed by atoms with van der Waals surface area (Å²) in [6.07, 6.45) is 1.16. The van der Waals surface area contributed by atoms with Crippen molar-refractivity contribution in [1.82, 2.24) is 0 Å². The summed E-state index contributed by atoms with van der Waals surface area (Å²) in [5.41, 5.74) is 2.52. The van der Waals surface area contributed by atoms with E-state index in [1.54, 1.807) is 0 Å². The van der Waals surface area contributed by atoms with Gasteiger partial charge in [0.25, 0.3) is 0 Å². The van der Waals surface area contributed by atoms with E-state index in [0.717, 1.165) is 18.0 Å². The molecule has 0 spiro atoms. The van der Waals surface area contributed by atoms with Crippen LogP contribution in [0.5, 0.6) is 0 Å². The lowest BCUT2D eigenvalue weighted by atomic mass is 9.99. The van der Waals surface area contributed by atoms with Crippen LogP contribution in [0.15, 0.2) is 18.2 Å². The molecule has 64 valence electrons. The molecule has 0 radical (unpaired) electrons. The molecule has 12 heavy (non-hydrogen) atoms. The van der Waals surface area contributed by atoms with Gasteiger partial charge in [-0.3, -0.25) is 0 Å². The van der Waals surface area contributed by atoms with Crippen LogP contribution < -0.4 is 5.32 Å². The second-order valence-corrected chi connectivity index (χ2v) is 3.59. The van der Waals surface area contributed by atoms with Gasteiger partial charge in [0, 0.05) is 23.2 Å². The molecule has 1 N–H and O–H groups in total. The van der Waals surface area contributed by atoms with Crippen molar-refractivity contribution in [1.29, 1.82) is 0 Å². The maximum absolute atomic E-state index is 6.10. The molecule has 1 nitrogen and oxygen atoms in total. The molecule has 1 aliphatic rings. The molecule has 0 saturated carbocycles. The van der Waals surface area contributed by atoms with E-state index >= 15 is 0 Å². The average molecular weight is 182 g/mol. The van der Waals surface area contributed by atoms with Gasteiger partial charge in [0.2, 0.25) is 0 Å². The van der Waals surface area contributed by atoms with Crippen molar-refractivity contribution in [2.45, 2.75) is 19.3 Å². The van der Waals surface area contributed by atoms with E-state index in [1.165, 1.54) is 11.3 Å². The zero-order chi connectivity index (χ0) is 8.55. The summed E-state index contributed by atoms with van der Waals surface area (Å²) >= 11 is 6.10. The van der Waals surface area contributed by atoms with Crippen molar-refractivity contribution >= 4 is 17.3 Å². The monoisotopic (exact) mass is 181 g/mol. The molecule has 1 aromatic carbocycles. The van der Waals surface area contributed by atoms with E-state index in [-0.39, 0.29) is 0 Å². The maximum atomic E-state index is 6.10. The Morgan fingerprint density at radius 1 is 1.58 bits per heavy atom. The topological polar surface area (TPSA) is 12.0 Å². The third-order valence-electron chi connectivity index (χ3n) is 2.49. The summed E-state index contributed by atoms with van der Waals surface area (Å²) in [5.74, 6) is 0.605. The highest BCUT2D eigenvalue weighted by Gasteiger charge is 2.22. The minimum Gasteiger partial charge on any atom is -0.384 e. The van der Waals surface area contributed by atoms with Gasteiger partial charge in [-0.05, 0) is 24.1 Å². The molecule has 1 atom stereocenters. The van der Waals surface area contributed by atoms with Gasteiger partial charge in [-0.15, -0.1) is 0 Å². The second kappa shape index (κ2) is 2.98. The number of halogens is 1. The fraction of sp³-hybridized carbons (Fsp3) is 0.400. The zero-order valence-corrected chi connectivity index (χ0v) is 7.86. The highest BCUT2D eigenvalue weighted by molar-refractivity contribution is 6.31. The van der Waals surface area contributed by atoms with Crippen LogP contribution in [0.4, 0.5) is 5.69 Å². The van der Waals surface area contributed by atoms with Crippen LogP contribution in [0.25, 0.3) is 0 Å². The Balaban J connectivity index is 2.48. The molecule has 1 aromatic rings. The molecular weight excluding hydrogens is 170 g/mol. The van der Waals surface area contributed by atoms with Gasteiger partial charge in [-0.25, -0.2) is 0 Å². The van der Waals surface area contributed by atoms with Crippen LogP contribution in [0.1, 0.15) is 24.8 Å². The molecule has 2 heteroatoms. The van der Waals surface area contributed by atoms with Gasteiger partial charge in [0.05, 0.1) is 0 Å². The lowest BCUT2D eigenvalue weighted by molar-refractivity contribution is 0.727. The summed E-state index contributed by atoms with van der Waals surface area (Å²) in [7, 11) is 0. The Morgan fingerprint density at radius 3 is 3.17 bits per heavy atom. The first-order valence-corrected chi connectivity index (χ1v) is 4.73. The number of hydrogen-bond donors (Lipinski definition) is 1. The summed E-state index contributed by atoms with van der Waals surface area (Å²) < 4.78 is 0. The Bertz CT molecular complexity index is 296. The molecule has 0 fully saturated rings. The molecule has 1 unspecified atom stereocenters. The average Bonchev–Trinajstić information content (AvgIpc) is 2.49. The molecular formula is C10H12ClN. The third-order valence-corrected chi connectivity index (χ3v) is 2.82. The van der Waals surface area contributed by atoms with Crippen molar-refractivity contribution in [3.05, 3.63) is 28.8 Å². The minimum atomic E-state index is 0.605. The minimum absolute atomic E-state index is 0.605. The van der Waals surface area contributed by atoms with Crippen molar-refractivity contribution in [3.63, 3.8) is 0 Å². The summed E-state index contributed by atoms with van der Waals surface area (Å²) in [4.78, 5) is 0. The second-order valence-electron chi connectivity index (χ2n) is 3.19. The summed E-state index contributed by atoms with van der Waals surface area (Å²) in [5, 5.41) is 4.26. The molecule has 0 aliphatic carbocycles. The molecule has 0 aromatic heterocycles. The Morgan fingerprint density at radius 2 is 2.42 bits per heavy atom. The third kappa shape index (κ3) is 1.09. The number of hydrogen-bond acceptors (Lipinski definition) is 1. The quantitative estimate of drug-likeness (QED) is 0.702. The summed E-state index contributed by atoms with van der Waals surface area (Å²) in [6, 6.07) is 6.05. The van der Waals surface area contributed by atoms with Crippen molar-refractivity contribution < 1.29 is 0 Å². The fourth-order valence-electron chi connectivity index (χ4n) is 1.79. The van der Waals surface area contributed by atoms with Crippen LogP contribution in [0.2, 0.25) is 5.02 Å². The van der Waals surface area contributed by atoms with E-state index in [0.29, 0.717) is 5.92 Å². The normalized spacial score (nSPS) is 20.3. The van der Waals surface area contributed by atoms with Crippen LogP contribution in [0, 0.1) is 0 Å². The first kappa shape index (κ1) is 7.93. The van der Waals surface area contributed by atoms with Crippen LogP contribution in [0.3, 0.4) is 0 Å². The predicted molar refractivity (Wildman–Crippen MR) is 53.0 cm³/mol. The maximum Gasteiger partial charge on any atom is 0.0462 e. The number of fused-ring (bicyclic) bond motifs is 1. The van der Waals surface area contributed by atoms with Gasteiger partial charge in [-0.2, -0.15) is 0 Å². The van der Waals surface area contributed by atoms with Crippen LogP contribution in [-0.2, 0) is 0 Å². The molecule has 2 rings (SSSR count). The highest BCUT2D eigenvalue weighted by atomic mass is 35.5. The molecule has 0 saturated heterocycles. The van der Waals surface area contributed by atoms with Gasteiger partial charge in [0.15, 0.2) is 0 Å². The van der Waals surface area contributed by atoms with E-state index in [1.807, 2.05) is 12.1 Å². The van der Waals surface area contributed by atoms with Gasteiger partial charge in [0.1, 0.15) is 0 Å². The van der Waals surface area contributed by atoms with Gasteiger partial charge in [-0.1, -0.05) is 24.6 Å². The lowest BCUT2D eigenvalue weighted by Gasteiger charge is -2.07. The van der Waals surface area contributed by atoms with Gasteiger partial charge >= 0.3 is 0 Å². The summed E-state index contributed by atoms with van der Waals surface area (Å²) in [6.45, 7) is 3.24. The first-order chi connectivity index (χ1) is 5.83. The smallest absolute Gasteiger partial charge is 0.0462 e. The standard InChI is InChI=1S/C10H12ClN/c1-2-7-6-12-9-5-3-4-8(11)10(7)9/h3-5,7,12H,2,6H2,1H3. The molecule has 1 aliphatic heterocycles. The van der Waals surface area contributed by atoms with E-state index < -0.39 is 0 Å². The fourth-order valence-corrected chi connectivity index (χ4v) is 2.12. The number of rotatable bonds is 1. The van der Waals surface area contributed by atoms with E-state index in [2.05, 4.69) is 18.3 Å². The molecule has 1 heterocycles. The lowest BCUT2D eigenvalue weighted by Crippen LogP contribution is -1.99. The van der Waals surface area contributed by atoms with Crippen molar-refractivity contribution in [3.8, 4) is 0 Å². The number of nitrogens with one attached hydrogen (secondary N) is 1. The first-order valence-electron chi connectivity index (χ1n) is 4.35. The molecule has 0 bridgehead atoms. The molecule has 0 amide bonds. The van der Waals surface area contributed by atoms with Gasteiger partial charge < -0.3 is 5.32 Å². The Kier molecular flexibility index (Phi) is 1.97. The largest absolute Gasteiger partial charge is 0.384 e. The van der Waals surface area contributed by atoms with Crippen LogP contribution in [-0.4, -0.2) is 6.54 Å². The van der Waals surface area contributed by atoms with Crippen molar-refractivity contribution in [2.24, 2.45) is 0 Å². The Hall–Kier alpha value is -0.690. The Labute approximate surface area is 77.7 Å². The zero-order valence-electron chi connectivity index (χ0n) is 7.10. The highest BCUT2D eigenvalue weighted by Crippen LogP contribution is 2.38. The van der Waals surface area contributed by atoms with E-state index in [4.69, 9.17) is 11.6 Å². The number of anilines is 1. The SMILES string of the molecule is CCC1CNc2cccc(Cl)c21. The van der Waals surface area contributed by atoms with E-state index in [9.17, 15) is 0 Å². The predicted octanol–water partition coefficient (Wildman–Crippen LogP) is 3.26. The van der Waals surface area contributed by atoms with Crippen molar-refractivity contribution in [2.75, 3.05) is 11.9 Å². The van der Waals surface area contributed by atoms with Crippen LogP contribution >= 0.6 is 11.6 Å².